The highest BCUT2D eigenvalue weighted by Crippen LogP contribution is 2.40. The number of nitrogens with zero attached hydrogens (tertiary/aromatic N) is 1. The maximum absolute atomic E-state index is 6.68. The summed E-state index contributed by atoms with van der Waals surface area (Å²) in [5.74, 6) is 2.36. The average Bonchev–Trinajstić information content (AvgIpc) is 2.62. The van der Waals surface area contributed by atoms with Crippen molar-refractivity contribution in [2.45, 2.75) is 51.5 Å². The molecule has 106 valence electrons. The molecule has 19 heavy (non-hydrogen) atoms. The highest BCUT2D eigenvalue weighted by molar-refractivity contribution is 5.33. The largest absolute Gasteiger partial charge is 0.495 e. The summed E-state index contributed by atoms with van der Waals surface area (Å²) in [6.07, 6.45) is 7.48. The van der Waals surface area contributed by atoms with Crippen LogP contribution in [0, 0.1) is 11.8 Å². The molecule has 0 radical (unpaired) electrons. The Bertz CT molecular complexity index is 419. The molecule has 0 amide bonds. The van der Waals surface area contributed by atoms with Gasteiger partial charge in [0.25, 0.3) is 0 Å². The summed E-state index contributed by atoms with van der Waals surface area (Å²) < 4.78 is 5.44. The summed E-state index contributed by atoms with van der Waals surface area (Å²) in [7, 11) is 1.69. The van der Waals surface area contributed by atoms with Gasteiger partial charge in [-0.25, -0.2) is 0 Å². The van der Waals surface area contributed by atoms with E-state index in [0.717, 1.165) is 36.1 Å². The zero-order valence-corrected chi connectivity index (χ0v) is 12.4. The van der Waals surface area contributed by atoms with Crippen molar-refractivity contribution in [3.8, 4) is 5.75 Å². The summed E-state index contributed by atoms with van der Waals surface area (Å²) in [4.78, 5) is 4.51. The van der Waals surface area contributed by atoms with Crippen molar-refractivity contribution in [2.24, 2.45) is 17.6 Å². The van der Waals surface area contributed by atoms with Crippen LogP contribution in [-0.4, -0.2) is 12.1 Å². The lowest BCUT2D eigenvalue weighted by Crippen LogP contribution is -2.37. The summed E-state index contributed by atoms with van der Waals surface area (Å²) in [6, 6.07) is 3.86. The van der Waals surface area contributed by atoms with Gasteiger partial charge in [-0.2, -0.15) is 0 Å². The Kier molecular flexibility index (Phi) is 4.46. The van der Waals surface area contributed by atoms with Gasteiger partial charge in [0.2, 0.25) is 0 Å². The van der Waals surface area contributed by atoms with Gasteiger partial charge in [0.1, 0.15) is 11.4 Å². The molecule has 1 fully saturated rings. The smallest absolute Gasteiger partial charge is 0.142 e. The Morgan fingerprint density at radius 3 is 2.84 bits per heavy atom. The average molecular weight is 262 g/mol. The van der Waals surface area contributed by atoms with Crippen molar-refractivity contribution in [3.05, 3.63) is 24.0 Å². The minimum atomic E-state index is -0.323. The van der Waals surface area contributed by atoms with E-state index in [-0.39, 0.29) is 5.54 Å². The second-order valence-corrected chi connectivity index (χ2v) is 6.15. The van der Waals surface area contributed by atoms with Crippen molar-refractivity contribution < 1.29 is 4.74 Å². The van der Waals surface area contributed by atoms with E-state index in [1.807, 2.05) is 18.3 Å². The van der Waals surface area contributed by atoms with Crippen molar-refractivity contribution in [3.63, 3.8) is 0 Å². The van der Waals surface area contributed by atoms with Crippen LogP contribution in [0.15, 0.2) is 18.3 Å². The molecule has 2 atom stereocenters. The maximum Gasteiger partial charge on any atom is 0.142 e. The molecule has 0 spiro atoms. The Morgan fingerprint density at radius 1 is 1.37 bits per heavy atom. The van der Waals surface area contributed by atoms with E-state index in [1.54, 1.807) is 7.11 Å². The van der Waals surface area contributed by atoms with Crippen molar-refractivity contribution in [1.29, 1.82) is 0 Å². The minimum absolute atomic E-state index is 0.323. The SMILES string of the molecule is COc1cccnc1C1(N)CCCC(C(C)C)CC1. The van der Waals surface area contributed by atoms with Gasteiger partial charge in [0.05, 0.1) is 12.6 Å². The Morgan fingerprint density at radius 2 is 2.16 bits per heavy atom. The quantitative estimate of drug-likeness (QED) is 0.848. The van der Waals surface area contributed by atoms with Crippen LogP contribution < -0.4 is 10.5 Å². The first-order valence-corrected chi connectivity index (χ1v) is 7.35. The van der Waals surface area contributed by atoms with Crippen LogP contribution in [0.1, 0.15) is 51.6 Å². The molecule has 2 rings (SSSR count). The molecule has 1 aromatic rings. The summed E-state index contributed by atoms with van der Waals surface area (Å²) in [5.41, 5.74) is 7.29. The molecule has 2 N–H and O–H groups in total. The van der Waals surface area contributed by atoms with Gasteiger partial charge >= 0.3 is 0 Å². The molecule has 0 aliphatic heterocycles. The monoisotopic (exact) mass is 262 g/mol. The standard InChI is InChI=1S/C16H26N2O/c1-12(2)13-6-4-9-16(17,10-8-13)15-14(19-3)7-5-11-18-15/h5,7,11-13H,4,6,8-10,17H2,1-3H3. The van der Waals surface area contributed by atoms with E-state index in [1.165, 1.54) is 19.3 Å². The van der Waals surface area contributed by atoms with Gasteiger partial charge in [-0.05, 0) is 43.2 Å². The molecule has 0 bridgehead atoms. The summed E-state index contributed by atoms with van der Waals surface area (Å²) in [5, 5.41) is 0. The van der Waals surface area contributed by atoms with E-state index in [9.17, 15) is 0 Å². The number of hydrogen-bond acceptors (Lipinski definition) is 3. The van der Waals surface area contributed by atoms with E-state index < -0.39 is 0 Å². The zero-order valence-electron chi connectivity index (χ0n) is 12.4. The van der Waals surface area contributed by atoms with Crippen LogP contribution >= 0.6 is 0 Å². The van der Waals surface area contributed by atoms with Gasteiger partial charge < -0.3 is 10.5 Å². The number of rotatable bonds is 3. The fourth-order valence-corrected chi connectivity index (χ4v) is 3.22. The van der Waals surface area contributed by atoms with Crippen LogP contribution in [0.5, 0.6) is 5.75 Å². The molecular formula is C16H26N2O. The normalized spacial score (nSPS) is 28.2. The predicted molar refractivity (Wildman–Crippen MR) is 78.1 cm³/mol. The molecule has 1 aliphatic rings. The van der Waals surface area contributed by atoms with Gasteiger partial charge in [-0.15, -0.1) is 0 Å². The molecule has 2 unspecified atom stereocenters. The highest BCUT2D eigenvalue weighted by Gasteiger charge is 2.35. The minimum Gasteiger partial charge on any atom is -0.495 e. The highest BCUT2D eigenvalue weighted by atomic mass is 16.5. The summed E-state index contributed by atoms with van der Waals surface area (Å²) in [6.45, 7) is 4.63. The zero-order chi connectivity index (χ0) is 13.9. The third kappa shape index (κ3) is 3.08. The second kappa shape index (κ2) is 5.91. The molecule has 0 saturated heterocycles. The number of methoxy groups -OCH3 is 1. The van der Waals surface area contributed by atoms with Crippen LogP contribution in [0.3, 0.4) is 0 Å². The molecule has 3 nitrogen and oxygen atoms in total. The Balaban J connectivity index is 2.22. The lowest BCUT2D eigenvalue weighted by molar-refractivity contribution is 0.313. The molecule has 1 aliphatic carbocycles. The van der Waals surface area contributed by atoms with Gasteiger partial charge in [-0.1, -0.05) is 26.7 Å². The number of hydrogen-bond donors (Lipinski definition) is 1. The Hall–Kier alpha value is -1.09. The summed E-state index contributed by atoms with van der Waals surface area (Å²) >= 11 is 0. The fourth-order valence-electron chi connectivity index (χ4n) is 3.22. The first-order valence-electron chi connectivity index (χ1n) is 7.35. The van der Waals surface area contributed by atoms with Crippen LogP contribution in [-0.2, 0) is 5.54 Å². The predicted octanol–water partition coefficient (Wildman–Crippen LogP) is 3.48. The molecule has 3 heteroatoms. The van der Waals surface area contributed by atoms with Crippen molar-refractivity contribution in [1.82, 2.24) is 4.98 Å². The number of pyridine rings is 1. The van der Waals surface area contributed by atoms with Gasteiger partial charge in [0, 0.05) is 6.20 Å². The number of ether oxygens (including phenoxy) is 1. The van der Waals surface area contributed by atoms with Crippen molar-refractivity contribution in [2.75, 3.05) is 7.11 Å². The molecular weight excluding hydrogens is 236 g/mol. The molecule has 1 aromatic heterocycles. The lowest BCUT2D eigenvalue weighted by atomic mass is 9.85. The molecule has 1 saturated carbocycles. The third-order valence-corrected chi connectivity index (χ3v) is 4.56. The Labute approximate surface area is 116 Å². The van der Waals surface area contributed by atoms with Crippen molar-refractivity contribution >= 4 is 0 Å². The topological polar surface area (TPSA) is 48.1 Å². The van der Waals surface area contributed by atoms with E-state index in [2.05, 4.69) is 18.8 Å². The second-order valence-electron chi connectivity index (χ2n) is 6.15. The van der Waals surface area contributed by atoms with Crippen LogP contribution in [0.2, 0.25) is 0 Å². The number of nitrogens with two attached hydrogens (primary N) is 1. The number of aromatic nitrogens is 1. The van der Waals surface area contributed by atoms with Crippen LogP contribution in [0.4, 0.5) is 0 Å². The maximum atomic E-state index is 6.68. The third-order valence-electron chi connectivity index (χ3n) is 4.56. The van der Waals surface area contributed by atoms with Gasteiger partial charge in [0.15, 0.2) is 0 Å². The van der Waals surface area contributed by atoms with E-state index in [4.69, 9.17) is 10.5 Å². The van der Waals surface area contributed by atoms with Gasteiger partial charge in [-0.3, -0.25) is 4.98 Å². The lowest BCUT2D eigenvalue weighted by Gasteiger charge is -2.29. The molecule has 1 heterocycles. The first-order chi connectivity index (χ1) is 9.07. The first kappa shape index (κ1) is 14.3. The van der Waals surface area contributed by atoms with Crippen LogP contribution in [0.25, 0.3) is 0 Å². The van der Waals surface area contributed by atoms with E-state index in [0.29, 0.717) is 0 Å². The van der Waals surface area contributed by atoms with E-state index >= 15 is 0 Å². The molecule has 0 aromatic carbocycles. The fraction of sp³-hybridized carbons (Fsp3) is 0.688.